The van der Waals surface area contributed by atoms with E-state index in [1.165, 1.54) is 11.1 Å². The number of thioether (sulfide) groups is 1. The lowest BCUT2D eigenvalue weighted by Gasteiger charge is -2.17. The maximum absolute atomic E-state index is 10.7. The predicted molar refractivity (Wildman–Crippen MR) is 122 cm³/mol. The van der Waals surface area contributed by atoms with E-state index in [9.17, 15) is 9.90 Å². The van der Waals surface area contributed by atoms with Gasteiger partial charge in [-0.05, 0) is 34.9 Å². The van der Waals surface area contributed by atoms with E-state index in [0.717, 1.165) is 28.9 Å². The third-order valence-electron chi connectivity index (χ3n) is 5.19. The summed E-state index contributed by atoms with van der Waals surface area (Å²) < 4.78 is 11.0. The summed E-state index contributed by atoms with van der Waals surface area (Å²) in [5, 5.41) is 11.6. The number of aryl methyl sites for hydroxylation is 1. The standard InChI is InChI=1S/C26H24O4S/c27-25(28)17-29-24-13-7-12-22-21(16-30-26(22)24)14-15-31-18-23(19-8-3-1-4-9-19)20-10-5-2-6-11-20/h1-13,16,23H,14-15,17-18H2,(H,27,28)/p-1. The van der Waals surface area contributed by atoms with Crippen molar-refractivity contribution in [1.29, 1.82) is 0 Å². The quantitative estimate of drug-likeness (QED) is 0.342. The summed E-state index contributed by atoms with van der Waals surface area (Å²) in [6.07, 6.45) is 2.60. The molecule has 0 saturated carbocycles. The second-order valence-corrected chi connectivity index (χ2v) is 8.40. The van der Waals surface area contributed by atoms with E-state index in [1.807, 2.05) is 36.0 Å². The van der Waals surface area contributed by atoms with E-state index in [-0.39, 0.29) is 0 Å². The van der Waals surface area contributed by atoms with Gasteiger partial charge in [0.2, 0.25) is 0 Å². The van der Waals surface area contributed by atoms with Crippen LogP contribution in [0.3, 0.4) is 0 Å². The van der Waals surface area contributed by atoms with Crippen molar-refractivity contribution in [2.75, 3.05) is 18.1 Å². The number of carboxylic acid groups (broad SMARTS) is 1. The Labute approximate surface area is 185 Å². The van der Waals surface area contributed by atoms with E-state index in [4.69, 9.17) is 9.15 Å². The van der Waals surface area contributed by atoms with E-state index in [1.54, 1.807) is 12.3 Å². The molecule has 0 saturated heterocycles. The molecular weight excluding hydrogens is 408 g/mol. The van der Waals surface area contributed by atoms with Crippen LogP contribution in [0, 0.1) is 0 Å². The van der Waals surface area contributed by atoms with Gasteiger partial charge in [0.15, 0.2) is 11.3 Å². The Kier molecular flexibility index (Phi) is 6.95. The molecular formula is C26H23O4S-. The van der Waals surface area contributed by atoms with E-state index >= 15 is 0 Å². The molecule has 4 aromatic rings. The molecule has 0 aliphatic rings. The summed E-state index contributed by atoms with van der Waals surface area (Å²) >= 11 is 1.92. The number of rotatable bonds is 10. The first kappa shape index (κ1) is 21.1. The fourth-order valence-electron chi connectivity index (χ4n) is 3.67. The average molecular weight is 432 g/mol. The molecule has 1 heterocycles. The summed E-state index contributed by atoms with van der Waals surface area (Å²) in [7, 11) is 0. The van der Waals surface area contributed by atoms with Crippen LogP contribution in [0.4, 0.5) is 0 Å². The summed E-state index contributed by atoms with van der Waals surface area (Å²) in [5.41, 5.74) is 4.32. The summed E-state index contributed by atoms with van der Waals surface area (Å²) in [5.74, 6) is 1.46. The summed E-state index contributed by atoms with van der Waals surface area (Å²) in [6, 6.07) is 26.8. The van der Waals surface area contributed by atoms with Crippen molar-refractivity contribution < 1.29 is 19.1 Å². The van der Waals surface area contributed by atoms with Gasteiger partial charge in [-0.25, -0.2) is 0 Å². The van der Waals surface area contributed by atoms with Gasteiger partial charge in [0.1, 0.15) is 6.61 Å². The number of benzene rings is 3. The molecule has 3 aromatic carbocycles. The Morgan fingerprint density at radius 1 is 0.935 bits per heavy atom. The van der Waals surface area contributed by atoms with Crippen molar-refractivity contribution in [3.05, 3.63) is 102 Å². The molecule has 0 unspecified atom stereocenters. The number of ether oxygens (including phenoxy) is 1. The van der Waals surface area contributed by atoms with Crippen LogP contribution in [0.15, 0.2) is 89.5 Å². The first-order valence-corrected chi connectivity index (χ1v) is 11.4. The second kappa shape index (κ2) is 10.2. The largest absolute Gasteiger partial charge is 0.546 e. The van der Waals surface area contributed by atoms with Gasteiger partial charge in [0, 0.05) is 17.1 Å². The second-order valence-electron chi connectivity index (χ2n) is 7.25. The van der Waals surface area contributed by atoms with Crippen LogP contribution in [0.1, 0.15) is 22.6 Å². The Bertz CT molecular complexity index is 1080. The molecule has 158 valence electrons. The number of carbonyl (C=O) groups excluding carboxylic acids is 1. The molecule has 0 aliphatic carbocycles. The van der Waals surface area contributed by atoms with Gasteiger partial charge in [0.05, 0.1) is 12.2 Å². The molecule has 0 fully saturated rings. The third kappa shape index (κ3) is 5.30. The number of hydrogen-bond acceptors (Lipinski definition) is 5. The normalized spacial score (nSPS) is 11.1. The summed E-state index contributed by atoms with van der Waals surface area (Å²) in [4.78, 5) is 10.7. The Morgan fingerprint density at radius 2 is 1.61 bits per heavy atom. The SMILES string of the molecule is O=C([O-])COc1cccc2c(CCSCC(c3ccccc3)c3ccccc3)coc12. The smallest absolute Gasteiger partial charge is 0.175 e. The number of fused-ring (bicyclic) bond motifs is 1. The van der Waals surface area contributed by atoms with Crippen molar-refractivity contribution in [3.63, 3.8) is 0 Å². The van der Waals surface area contributed by atoms with Gasteiger partial charge < -0.3 is 19.1 Å². The lowest BCUT2D eigenvalue weighted by Crippen LogP contribution is -2.28. The number of aliphatic carboxylic acids is 1. The van der Waals surface area contributed by atoms with Gasteiger partial charge >= 0.3 is 0 Å². The maximum atomic E-state index is 10.7. The van der Waals surface area contributed by atoms with E-state index in [2.05, 4.69) is 48.5 Å². The highest BCUT2D eigenvalue weighted by atomic mass is 32.2. The molecule has 0 aliphatic heterocycles. The Morgan fingerprint density at radius 3 is 2.26 bits per heavy atom. The molecule has 4 nitrogen and oxygen atoms in total. The number of furan rings is 1. The van der Waals surface area contributed by atoms with Crippen LogP contribution in [-0.2, 0) is 11.2 Å². The molecule has 0 radical (unpaired) electrons. The van der Waals surface area contributed by atoms with Crippen molar-refractivity contribution in [1.82, 2.24) is 0 Å². The van der Waals surface area contributed by atoms with Crippen molar-refractivity contribution in [3.8, 4) is 5.75 Å². The highest BCUT2D eigenvalue weighted by molar-refractivity contribution is 7.99. The maximum Gasteiger partial charge on any atom is 0.175 e. The third-order valence-corrected chi connectivity index (χ3v) is 6.26. The highest BCUT2D eigenvalue weighted by Gasteiger charge is 2.15. The minimum absolute atomic E-state index is 0.345. The molecule has 0 N–H and O–H groups in total. The fourth-order valence-corrected chi connectivity index (χ4v) is 4.82. The molecule has 0 atom stereocenters. The molecule has 0 amide bonds. The number of para-hydroxylation sites is 1. The lowest BCUT2D eigenvalue weighted by atomic mass is 9.93. The fraction of sp³-hybridized carbons (Fsp3) is 0.192. The van der Waals surface area contributed by atoms with Gasteiger partial charge in [0.25, 0.3) is 0 Å². The van der Waals surface area contributed by atoms with Gasteiger partial charge in [-0.2, -0.15) is 11.8 Å². The number of carbonyl (C=O) groups is 1. The highest BCUT2D eigenvalue weighted by Crippen LogP contribution is 2.32. The minimum atomic E-state index is -1.26. The van der Waals surface area contributed by atoms with Crippen LogP contribution in [0.2, 0.25) is 0 Å². The number of hydrogen-bond donors (Lipinski definition) is 0. The van der Waals surface area contributed by atoms with Crippen molar-refractivity contribution >= 4 is 28.7 Å². The Hall–Kier alpha value is -3.18. The topological polar surface area (TPSA) is 62.5 Å². The molecule has 0 bridgehead atoms. The zero-order chi connectivity index (χ0) is 21.5. The van der Waals surface area contributed by atoms with Crippen LogP contribution in [-0.4, -0.2) is 24.1 Å². The van der Waals surface area contributed by atoms with Gasteiger partial charge in [-0.15, -0.1) is 0 Å². The van der Waals surface area contributed by atoms with Crippen LogP contribution in [0.25, 0.3) is 11.0 Å². The van der Waals surface area contributed by atoms with Crippen molar-refractivity contribution in [2.24, 2.45) is 0 Å². The summed E-state index contributed by atoms with van der Waals surface area (Å²) in [6.45, 7) is -0.495. The first-order chi connectivity index (χ1) is 15.2. The number of carboxylic acids is 1. The molecule has 1 aromatic heterocycles. The monoisotopic (exact) mass is 431 g/mol. The van der Waals surface area contributed by atoms with Gasteiger partial charge in [-0.3, -0.25) is 0 Å². The zero-order valence-corrected chi connectivity index (χ0v) is 17.8. The first-order valence-electron chi connectivity index (χ1n) is 10.2. The molecule has 31 heavy (non-hydrogen) atoms. The Balaban J connectivity index is 1.41. The molecule has 4 rings (SSSR count). The van der Waals surface area contributed by atoms with Crippen molar-refractivity contribution in [2.45, 2.75) is 12.3 Å². The van der Waals surface area contributed by atoms with E-state index in [0.29, 0.717) is 17.3 Å². The van der Waals surface area contributed by atoms with Gasteiger partial charge in [-0.1, -0.05) is 72.8 Å². The van der Waals surface area contributed by atoms with Crippen LogP contribution in [0.5, 0.6) is 5.75 Å². The van der Waals surface area contributed by atoms with E-state index < -0.39 is 12.6 Å². The lowest BCUT2D eigenvalue weighted by molar-refractivity contribution is -0.307. The van der Waals surface area contributed by atoms with Crippen LogP contribution >= 0.6 is 11.8 Å². The predicted octanol–water partition coefficient (Wildman–Crippen LogP) is 4.67. The van der Waals surface area contributed by atoms with Crippen LogP contribution < -0.4 is 9.84 Å². The minimum Gasteiger partial charge on any atom is -0.546 e. The average Bonchev–Trinajstić information content (AvgIpc) is 3.22. The molecule has 5 heteroatoms. The zero-order valence-electron chi connectivity index (χ0n) is 17.0. The molecule has 0 spiro atoms.